The molecule has 13 atom stereocenters. The largest absolute Gasteiger partial charge is 0.456 e. The summed E-state index contributed by atoms with van der Waals surface area (Å²) in [5, 5.41) is 23.8. The third kappa shape index (κ3) is 13.6. The number of carbonyl (C=O) groups is 4. The van der Waals surface area contributed by atoms with E-state index < -0.39 is 104 Å². The normalized spacial score (nSPS) is 34.9. The first kappa shape index (κ1) is 55.8. The van der Waals surface area contributed by atoms with E-state index in [1.165, 1.54) is 37.3 Å². The number of carbonyl (C=O) groups excluding carboxylic acids is 4. The molecule has 1 saturated carbocycles. The van der Waals surface area contributed by atoms with E-state index >= 15 is 0 Å². The van der Waals surface area contributed by atoms with Gasteiger partial charge < -0.3 is 33.7 Å². The van der Waals surface area contributed by atoms with E-state index in [9.17, 15) is 42.8 Å². The van der Waals surface area contributed by atoms with Gasteiger partial charge in [-0.1, -0.05) is 63.6 Å². The number of nitro groups is 1. The van der Waals surface area contributed by atoms with Gasteiger partial charge in [-0.25, -0.2) is 4.79 Å². The van der Waals surface area contributed by atoms with Crippen LogP contribution >= 0.6 is 0 Å². The number of Topliss-reactive ketones (excluding diaryl/α,β-unsaturated/α-hetero) is 2. The predicted octanol–water partition coefficient (Wildman–Crippen LogP) is 7.38. The quantitative estimate of drug-likeness (QED) is 0.0539. The van der Waals surface area contributed by atoms with Gasteiger partial charge in [-0.3, -0.25) is 28.7 Å². The van der Waals surface area contributed by atoms with E-state index in [4.69, 9.17) is 27.9 Å². The van der Waals surface area contributed by atoms with Crippen LogP contribution in [0.1, 0.15) is 119 Å². The second-order valence-electron chi connectivity index (χ2n) is 19.7. The molecule has 1 amide bonds. The molecule has 69 heavy (non-hydrogen) atoms. The summed E-state index contributed by atoms with van der Waals surface area (Å²) in [5.41, 5.74) is 1.07. The van der Waals surface area contributed by atoms with Crippen LogP contribution in [0.2, 0.25) is 0 Å². The molecule has 1 aromatic rings. The highest BCUT2D eigenvalue weighted by Gasteiger charge is 2.56. The van der Waals surface area contributed by atoms with Crippen LogP contribution in [0, 0.1) is 39.7 Å². The summed E-state index contributed by atoms with van der Waals surface area (Å²) in [5.74, 6) is -7.26. The van der Waals surface area contributed by atoms with Crippen molar-refractivity contribution in [2.45, 2.75) is 172 Å². The minimum atomic E-state index is -4.58. The number of hydrogen-bond donors (Lipinski definition) is 1. The number of allylic oxidation sites excluding steroid dienone is 3. The predicted molar refractivity (Wildman–Crippen MR) is 255 cm³/mol. The van der Waals surface area contributed by atoms with Gasteiger partial charge in [-0.15, -0.1) is 6.58 Å². The molecule has 0 spiro atoms. The highest BCUT2D eigenvalue weighted by molar-refractivity contribution is 7.87. The van der Waals surface area contributed by atoms with E-state index in [0.29, 0.717) is 50.5 Å². The number of nitro benzene ring substituents is 1. The SMILES string of the molecule is C=CCOC1CC(C=C(C)C2OC(=O)C3CCCCN3C(=O)C(=O)C3(O)OC(C(OC)CC(C)C/C(C)=C/C(CC)C(=O)CCC2C)C(OC)CC3C)CCC1OS(=O)(=O)c1ccccc1[N+](=O)[O-]. The molecule has 3 fully saturated rings. The number of para-hydroxylation sites is 1. The highest BCUT2D eigenvalue weighted by Crippen LogP contribution is 2.40. The smallest absolute Gasteiger partial charge is 0.329 e. The number of fused-ring (bicyclic) bond motifs is 3. The van der Waals surface area contributed by atoms with Crippen molar-refractivity contribution in [2.75, 3.05) is 27.4 Å². The average molecular weight is 987 g/mol. The van der Waals surface area contributed by atoms with Crippen LogP contribution in [0.4, 0.5) is 5.69 Å². The maximum atomic E-state index is 14.5. The second-order valence-corrected chi connectivity index (χ2v) is 21.2. The molecule has 13 unspecified atom stereocenters. The Labute approximate surface area is 407 Å². The summed E-state index contributed by atoms with van der Waals surface area (Å²) in [4.78, 5) is 68.8. The fourth-order valence-corrected chi connectivity index (χ4v) is 11.9. The van der Waals surface area contributed by atoms with E-state index in [1.807, 2.05) is 39.8 Å². The lowest BCUT2D eigenvalue weighted by Gasteiger charge is -2.47. The number of nitrogens with zero attached hydrogens (tertiary/aromatic N) is 2. The molecule has 0 aromatic heterocycles. The number of aliphatic hydroxyl groups is 1. The fourth-order valence-electron chi connectivity index (χ4n) is 10.6. The Kier molecular flexibility index (Phi) is 20.0. The standard InChI is InChI=1S/C51H74N2O15S/c1-10-24-65-42-30-36(20-22-41(42)68-69(61,62)45-18-13-12-16-38(45)53(59)60)28-34(6)46-33(5)19-21-40(54)37(11-2)26-31(3)25-32(4)27-43(63-8)47-44(64-9)29-35(7)51(58,67-47)48(55)49(56)52-23-15-14-17-39(52)50(57)66-46/h10,12-13,16,18,26,28,32-33,35-37,39,41-44,46-47,58H,1,11,14-15,17,19-25,27,29-30H2,2-9H3/b31-26+,34-28?. The molecule has 0 radical (unpaired) electrons. The van der Waals surface area contributed by atoms with Gasteiger partial charge in [0.15, 0.2) is 4.90 Å². The average Bonchev–Trinajstić information content (AvgIpc) is 3.32. The van der Waals surface area contributed by atoms with Crippen molar-refractivity contribution in [3.05, 3.63) is 70.3 Å². The number of esters is 1. The first-order valence-electron chi connectivity index (χ1n) is 24.5. The number of hydrogen-bond acceptors (Lipinski definition) is 15. The van der Waals surface area contributed by atoms with E-state index in [0.717, 1.165) is 17.7 Å². The van der Waals surface area contributed by atoms with Gasteiger partial charge in [-0.05, 0) is 114 Å². The monoisotopic (exact) mass is 986 g/mol. The van der Waals surface area contributed by atoms with Crippen molar-refractivity contribution in [1.82, 2.24) is 4.90 Å². The first-order chi connectivity index (χ1) is 32.7. The molecule has 3 aliphatic heterocycles. The molecular weight excluding hydrogens is 913 g/mol. The molecule has 384 valence electrons. The van der Waals surface area contributed by atoms with Gasteiger partial charge in [0.2, 0.25) is 5.79 Å². The lowest BCUT2D eigenvalue weighted by atomic mass is 9.82. The number of rotatable bonds is 12. The van der Waals surface area contributed by atoms with Crippen LogP contribution in [0.25, 0.3) is 0 Å². The Morgan fingerprint density at radius 3 is 2.35 bits per heavy atom. The van der Waals surface area contributed by atoms with Crippen molar-refractivity contribution in [3.8, 4) is 0 Å². The lowest BCUT2D eigenvalue weighted by molar-refractivity contribution is -0.387. The van der Waals surface area contributed by atoms with Crippen molar-refractivity contribution >= 4 is 39.2 Å². The molecule has 1 N–H and O–H groups in total. The highest BCUT2D eigenvalue weighted by atomic mass is 32.2. The summed E-state index contributed by atoms with van der Waals surface area (Å²) >= 11 is 0. The summed E-state index contributed by atoms with van der Waals surface area (Å²) in [6.45, 7) is 15.2. The van der Waals surface area contributed by atoms with Crippen LogP contribution in [-0.4, -0.2) is 123 Å². The molecule has 1 aliphatic carbocycles. The molecule has 1 aromatic carbocycles. The molecule has 5 rings (SSSR count). The Morgan fingerprint density at radius 2 is 1.68 bits per heavy atom. The van der Waals surface area contributed by atoms with E-state index in [2.05, 4.69) is 13.5 Å². The Morgan fingerprint density at radius 1 is 0.986 bits per heavy atom. The maximum absolute atomic E-state index is 14.5. The second kappa shape index (κ2) is 24.8. The van der Waals surface area contributed by atoms with Crippen LogP contribution in [0.3, 0.4) is 0 Å². The van der Waals surface area contributed by atoms with Crippen LogP contribution < -0.4 is 0 Å². The topological polar surface area (TPSA) is 224 Å². The molecule has 18 heteroatoms. The molecule has 4 aliphatic rings. The van der Waals surface area contributed by atoms with Crippen molar-refractivity contribution in [3.63, 3.8) is 0 Å². The molecule has 3 heterocycles. The first-order valence-corrected chi connectivity index (χ1v) is 25.9. The molecule has 17 nitrogen and oxygen atoms in total. The Balaban J connectivity index is 1.48. The summed E-state index contributed by atoms with van der Waals surface area (Å²) in [7, 11) is -1.54. The van der Waals surface area contributed by atoms with Gasteiger partial charge >= 0.3 is 16.1 Å². The van der Waals surface area contributed by atoms with Gasteiger partial charge in [-0.2, -0.15) is 8.42 Å². The third-order valence-electron chi connectivity index (χ3n) is 14.4. The van der Waals surface area contributed by atoms with Crippen LogP contribution in [0.5, 0.6) is 0 Å². The zero-order valence-electron chi connectivity index (χ0n) is 41.5. The number of amides is 1. The van der Waals surface area contributed by atoms with Gasteiger partial charge in [0.05, 0.1) is 29.8 Å². The number of piperidine rings is 1. The number of benzene rings is 1. The number of ketones is 2. The lowest BCUT2D eigenvalue weighted by Crippen LogP contribution is -2.64. The third-order valence-corrected chi connectivity index (χ3v) is 15.8. The van der Waals surface area contributed by atoms with Crippen molar-refractivity contribution < 1.29 is 65.5 Å². The zero-order valence-corrected chi connectivity index (χ0v) is 42.4. The van der Waals surface area contributed by atoms with Crippen LogP contribution in [-0.2, 0) is 57.2 Å². The fraction of sp³-hybridized carbons (Fsp3) is 0.686. The van der Waals surface area contributed by atoms with Crippen LogP contribution in [0.15, 0.2) is 65.1 Å². The number of methoxy groups -OCH3 is 2. The number of ether oxygens (including phenoxy) is 5. The van der Waals surface area contributed by atoms with E-state index in [-0.39, 0.29) is 68.8 Å². The van der Waals surface area contributed by atoms with Gasteiger partial charge in [0, 0.05) is 45.1 Å². The van der Waals surface area contributed by atoms with Crippen molar-refractivity contribution in [2.24, 2.45) is 29.6 Å². The minimum absolute atomic E-state index is 0.0318. The van der Waals surface area contributed by atoms with E-state index in [1.54, 1.807) is 6.92 Å². The van der Waals surface area contributed by atoms with Gasteiger partial charge in [0.1, 0.15) is 30.1 Å². The Bertz CT molecular complexity index is 2180. The summed E-state index contributed by atoms with van der Waals surface area (Å²) < 4.78 is 63.1. The zero-order chi connectivity index (χ0) is 50.8. The maximum Gasteiger partial charge on any atom is 0.329 e. The molecule has 2 bridgehead atoms. The minimum Gasteiger partial charge on any atom is -0.456 e. The van der Waals surface area contributed by atoms with Crippen molar-refractivity contribution in [1.29, 1.82) is 0 Å². The summed E-state index contributed by atoms with van der Waals surface area (Å²) in [6, 6.07) is 3.81. The summed E-state index contributed by atoms with van der Waals surface area (Å²) in [6.07, 6.45) is 5.41. The molecule has 2 saturated heterocycles. The molecular formula is C51H74N2O15S. The number of cyclic esters (lactones) is 1. The van der Waals surface area contributed by atoms with Gasteiger partial charge in [0.25, 0.3) is 17.4 Å². The Hall–Kier alpha value is -4.17.